The Morgan fingerprint density at radius 1 is 1.36 bits per heavy atom. The SMILES string of the molecule is C=CCOC(=O)/C(C#N)=c1\s/c(=C/Nc2cccc(CCCN3CCCC3)c2)c(=O)n1CC. The quantitative estimate of drug-likeness (QED) is 0.427. The summed E-state index contributed by atoms with van der Waals surface area (Å²) in [4.78, 5) is 27.6. The summed E-state index contributed by atoms with van der Waals surface area (Å²) in [5, 5.41) is 12.7. The number of nitriles is 1. The van der Waals surface area contributed by atoms with Gasteiger partial charge in [-0.25, -0.2) is 4.79 Å². The molecule has 2 heterocycles. The van der Waals surface area contributed by atoms with Gasteiger partial charge in [0.1, 0.15) is 21.9 Å². The molecule has 1 saturated heterocycles. The summed E-state index contributed by atoms with van der Waals surface area (Å²) >= 11 is 1.10. The van der Waals surface area contributed by atoms with E-state index >= 15 is 0 Å². The molecule has 33 heavy (non-hydrogen) atoms. The number of benzene rings is 1. The van der Waals surface area contributed by atoms with Crippen molar-refractivity contribution in [2.45, 2.75) is 39.2 Å². The average molecular weight is 467 g/mol. The van der Waals surface area contributed by atoms with Gasteiger partial charge in [-0.05, 0) is 69.9 Å². The molecule has 174 valence electrons. The normalized spacial score (nSPS) is 15.2. The summed E-state index contributed by atoms with van der Waals surface area (Å²) in [6.07, 6.45) is 7.81. The molecule has 1 aliphatic rings. The van der Waals surface area contributed by atoms with E-state index in [1.165, 1.54) is 42.1 Å². The summed E-state index contributed by atoms with van der Waals surface area (Å²) in [6, 6.07) is 10.0. The van der Waals surface area contributed by atoms with Crippen molar-refractivity contribution in [3.8, 4) is 6.07 Å². The maximum atomic E-state index is 12.8. The number of hydrogen-bond acceptors (Lipinski definition) is 7. The zero-order chi connectivity index (χ0) is 23.6. The standard InChI is InChI=1S/C25H30N4O3S/c1-3-15-32-25(31)21(17-26)24-29(4-2)23(30)22(33-24)18-27-20-11-7-9-19(16-20)10-8-14-28-12-5-6-13-28/h3,7,9,11,16,18,27H,1,4-6,8,10,12-15H2,2H3/b22-18+,24-21-. The van der Waals surface area contributed by atoms with Gasteiger partial charge < -0.3 is 15.0 Å². The van der Waals surface area contributed by atoms with Crippen LogP contribution in [0.1, 0.15) is 31.7 Å². The van der Waals surface area contributed by atoms with Crippen molar-refractivity contribution in [1.82, 2.24) is 9.47 Å². The smallest absolute Gasteiger partial charge is 0.352 e. The van der Waals surface area contributed by atoms with Crippen LogP contribution in [0.15, 0.2) is 41.7 Å². The molecule has 0 unspecified atom stereocenters. The molecule has 0 aliphatic carbocycles. The number of likely N-dealkylation sites (tertiary alicyclic amines) is 1. The summed E-state index contributed by atoms with van der Waals surface area (Å²) in [6.45, 7) is 9.19. The van der Waals surface area contributed by atoms with Crippen LogP contribution in [0.25, 0.3) is 11.8 Å². The van der Waals surface area contributed by atoms with E-state index in [0.717, 1.165) is 36.4 Å². The maximum absolute atomic E-state index is 12.8. The Hall–Kier alpha value is -3.15. The van der Waals surface area contributed by atoms with Gasteiger partial charge in [-0.15, -0.1) is 11.3 Å². The summed E-state index contributed by atoms with van der Waals surface area (Å²) in [7, 11) is 0. The minimum absolute atomic E-state index is 0.000650. The number of hydrogen-bond donors (Lipinski definition) is 1. The molecule has 1 aliphatic heterocycles. The largest absolute Gasteiger partial charge is 0.457 e. The summed E-state index contributed by atoms with van der Waals surface area (Å²) in [5.74, 6) is -0.762. The monoisotopic (exact) mass is 466 g/mol. The van der Waals surface area contributed by atoms with Crippen LogP contribution in [0.4, 0.5) is 5.69 Å². The van der Waals surface area contributed by atoms with Gasteiger partial charge in [0.15, 0.2) is 5.57 Å². The lowest BCUT2D eigenvalue weighted by Gasteiger charge is -2.14. The molecule has 0 bridgehead atoms. The maximum Gasteiger partial charge on any atom is 0.352 e. The minimum atomic E-state index is -0.762. The van der Waals surface area contributed by atoms with E-state index in [1.807, 2.05) is 18.2 Å². The highest BCUT2D eigenvalue weighted by Gasteiger charge is 2.16. The van der Waals surface area contributed by atoms with Gasteiger partial charge in [-0.3, -0.25) is 9.36 Å². The van der Waals surface area contributed by atoms with Gasteiger partial charge in [0.25, 0.3) is 5.56 Å². The van der Waals surface area contributed by atoms with Crippen LogP contribution >= 0.6 is 11.3 Å². The molecule has 0 amide bonds. The number of aromatic nitrogens is 1. The van der Waals surface area contributed by atoms with Crippen LogP contribution < -0.4 is 20.1 Å². The Balaban J connectivity index is 1.79. The number of thiazole rings is 1. The van der Waals surface area contributed by atoms with E-state index in [2.05, 4.69) is 28.9 Å². The highest BCUT2D eigenvalue weighted by atomic mass is 32.1. The van der Waals surface area contributed by atoms with E-state index in [4.69, 9.17) is 4.74 Å². The second-order valence-corrected chi connectivity index (χ2v) is 8.87. The van der Waals surface area contributed by atoms with Gasteiger partial charge in [-0.1, -0.05) is 24.8 Å². The first-order valence-electron chi connectivity index (χ1n) is 11.3. The van der Waals surface area contributed by atoms with Crippen LogP contribution in [0.5, 0.6) is 0 Å². The van der Waals surface area contributed by atoms with Gasteiger partial charge in [-0.2, -0.15) is 5.26 Å². The zero-order valence-corrected chi connectivity index (χ0v) is 19.8. The topological polar surface area (TPSA) is 87.4 Å². The fourth-order valence-electron chi connectivity index (χ4n) is 3.86. The Labute approximate surface area is 197 Å². The van der Waals surface area contributed by atoms with Crippen LogP contribution in [0.3, 0.4) is 0 Å². The number of carbonyl (C=O) groups is 1. The van der Waals surface area contributed by atoms with Crippen molar-refractivity contribution in [3.05, 3.63) is 62.0 Å². The number of nitrogens with one attached hydrogen (secondary N) is 1. The predicted octanol–water partition coefficient (Wildman–Crippen LogP) is 2.21. The van der Waals surface area contributed by atoms with Crippen LogP contribution in [-0.4, -0.2) is 41.7 Å². The molecule has 1 N–H and O–H groups in total. The highest BCUT2D eigenvalue weighted by Crippen LogP contribution is 2.14. The molecule has 0 radical (unpaired) electrons. The Bertz CT molecular complexity index is 1200. The van der Waals surface area contributed by atoms with E-state index in [-0.39, 0.29) is 17.7 Å². The summed E-state index contributed by atoms with van der Waals surface area (Å²) in [5.41, 5.74) is 1.70. The van der Waals surface area contributed by atoms with Crippen LogP contribution in [0.2, 0.25) is 0 Å². The van der Waals surface area contributed by atoms with Crippen molar-refractivity contribution < 1.29 is 9.53 Å². The molecule has 3 rings (SSSR count). The Morgan fingerprint density at radius 3 is 2.85 bits per heavy atom. The fraction of sp³-hybridized carbons (Fsp3) is 0.400. The first-order valence-corrected chi connectivity index (χ1v) is 12.1. The number of esters is 1. The number of aryl methyl sites for hydroxylation is 1. The predicted molar refractivity (Wildman–Crippen MR) is 132 cm³/mol. The van der Waals surface area contributed by atoms with E-state index in [1.54, 1.807) is 13.1 Å². The zero-order valence-electron chi connectivity index (χ0n) is 19.0. The summed E-state index contributed by atoms with van der Waals surface area (Å²) < 4.78 is 7.12. The van der Waals surface area contributed by atoms with Crippen LogP contribution in [0, 0.1) is 11.3 Å². The van der Waals surface area contributed by atoms with E-state index in [0.29, 0.717) is 15.7 Å². The number of ether oxygens (including phenoxy) is 1. The second-order valence-electron chi connectivity index (χ2n) is 7.84. The molecule has 1 aromatic heterocycles. The van der Waals surface area contributed by atoms with E-state index < -0.39 is 5.97 Å². The van der Waals surface area contributed by atoms with Crippen molar-refractivity contribution in [3.63, 3.8) is 0 Å². The van der Waals surface area contributed by atoms with Crippen molar-refractivity contribution >= 4 is 34.8 Å². The van der Waals surface area contributed by atoms with Crippen LogP contribution in [-0.2, 0) is 22.5 Å². The molecule has 8 heteroatoms. The minimum Gasteiger partial charge on any atom is -0.457 e. The molecule has 1 aromatic carbocycles. The lowest BCUT2D eigenvalue weighted by atomic mass is 10.1. The third-order valence-electron chi connectivity index (χ3n) is 5.52. The van der Waals surface area contributed by atoms with Gasteiger partial charge >= 0.3 is 5.97 Å². The third-order valence-corrected chi connectivity index (χ3v) is 6.65. The molecule has 7 nitrogen and oxygen atoms in total. The van der Waals surface area contributed by atoms with Crippen molar-refractivity contribution in [2.75, 3.05) is 31.6 Å². The first kappa shape index (κ1) is 24.5. The van der Waals surface area contributed by atoms with E-state index in [9.17, 15) is 14.9 Å². The molecule has 0 atom stereocenters. The number of rotatable bonds is 10. The van der Waals surface area contributed by atoms with Gasteiger partial charge in [0, 0.05) is 18.4 Å². The second kappa shape index (κ2) is 12.2. The molecular weight excluding hydrogens is 436 g/mol. The van der Waals surface area contributed by atoms with Crippen molar-refractivity contribution in [2.24, 2.45) is 0 Å². The number of anilines is 1. The molecule has 0 saturated carbocycles. The lowest BCUT2D eigenvalue weighted by Crippen LogP contribution is -2.32. The molecule has 2 aromatic rings. The van der Waals surface area contributed by atoms with Gasteiger partial charge in [0.05, 0.1) is 0 Å². The Morgan fingerprint density at radius 2 is 2.15 bits per heavy atom. The van der Waals surface area contributed by atoms with Crippen molar-refractivity contribution in [1.29, 1.82) is 5.26 Å². The Kier molecular flexibility index (Phi) is 9.04. The highest BCUT2D eigenvalue weighted by molar-refractivity contribution is 7.07. The first-order chi connectivity index (χ1) is 16.1. The average Bonchev–Trinajstić information content (AvgIpc) is 3.45. The van der Waals surface area contributed by atoms with Gasteiger partial charge in [0.2, 0.25) is 0 Å². The fourth-order valence-corrected chi connectivity index (χ4v) is 4.94. The molecule has 1 fully saturated rings. The third kappa shape index (κ3) is 6.44. The number of nitrogens with zero attached hydrogens (tertiary/aromatic N) is 3. The molecule has 0 spiro atoms. The lowest BCUT2D eigenvalue weighted by molar-refractivity contribution is -0.135. The molecular formula is C25H30N4O3S. The number of carbonyl (C=O) groups excluding carboxylic acids is 1.